The van der Waals surface area contributed by atoms with Crippen molar-refractivity contribution in [3.8, 4) is 0 Å². The van der Waals surface area contributed by atoms with Crippen LogP contribution in [0.3, 0.4) is 0 Å². The molecular weight excluding hydrogens is 213 g/mol. The maximum Gasteiger partial charge on any atom is 0.341 e. The van der Waals surface area contributed by atoms with E-state index >= 15 is 0 Å². The third kappa shape index (κ3) is 3.51. The number of hydrogen-bond acceptors (Lipinski definition) is 4. The fraction of sp³-hybridized carbons (Fsp3) is 0.364. The standard InChI is InChI=1S/C11H14FNO3/c1-15-5-2-6-16-11(14)9-4-3-8(13)7-10(9)12/h3-4,7H,2,5-6,13H2,1H3. The van der Waals surface area contributed by atoms with E-state index in [0.29, 0.717) is 13.0 Å². The lowest BCUT2D eigenvalue weighted by atomic mass is 10.2. The highest BCUT2D eigenvalue weighted by molar-refractivity contribution is 5.90. The van der Waals surface area contributed by atoms with Crippen molar-refractivity contribution in [2.75, 3.05) is 26.1 Å². The lowest BCUT2D eigenvalue weighted by Gasteiger charge is -2.05. The number of hydrogen-bond donors (Lipinski definition) is 1. The van der Waals surface area contributed by atoms with Crippen LogP contribution >= 0.6 is 0 Å². The van der Waals surface area contributed by atoms with Crippen LogP contribution in [0.15, 0.2) is 18.2 Å². The average Bonchev–Trinajstić information content (AvgIpc) is 2.24. The van der Waals surface area contributed by atoms with Gasteiger partial charge in [-0.1, -0.05) is 0 Å². The summed E-state index contributed by atoms with van der Waals surface area (Å²) < 4.78 is 22.9. The van der Waals surface area contributed by atoms with Crippen LogP contribution in [-0.4, -0.2) is 26.3 Å². The molecule has 0 saturated heterocycles. The quantitative estimate of drug-likeness (QED) is 0.471. The zero-order valence-electron chi connectivity index (χ0n) is 9.03. The van der Waals surface area contributed by atoms with Gasteiger partial charge in [-0.3, -0.25) is 0 Å². The number of halogens is 1. The Morgan fingerprint density at radius 3 is 2.81 bits per heavy atom. The number of carbonyl (C=O) groups is 1. The van der Waals surface area contributed by atoms with Gasteiger partial charge < -0.3 is 15.2 Å². The van der Waals surface area contributed by atoms with Gasteiger partial charge in [0.05, 0.1) is 12.2 Å². The molecule has 16 heavy (non-hydrogen) atoms. The lowest BCUT2D eigenvalue weighted by Crippen LogP contribution is -2.10. The van der Waals surface area contributed by atoms with Crippen LogP contribution < -0.4 is 5.73 Å². The Labute approximate surface area is 93.2 Å². The molecule has 0 saturated carbocycles. The van der Waals surface area contributed by atoms with E-state index < -0.39 is 11.8 Å². The van der Waals surface area contributed by atoms with Crippen molar-refractivity contribution < 1.29 is 18.7 Å². The fourth-order valence-electron chi connectivity index (χ4n) is 1.14. The van der Waals surface area contributed by atoms with Crippen molar-refractivity contribution in [3.63, 3.8) is 0 Å². The van der Waals surface area contributed by atoms with E-state index in [4.69, 9.17) is 15.2 Å². The van der Waals surface area contributed by atoms with Gasteiger partial charge in [-0.05, 0) is 18.2 Å². The van der Waals surface area contributed by atoms with Crippen LogP contribution in [0.4, 0.5) is 10.1 Å². The van der Waals surface area contributed by atoms with Gasteiger partial charge in [-0.25, -0.2) is 9.18 Å². The van der Waals surface area contributed by atoms with Gasteiger partial charge >= 0.3 is 5.97 Å². The predicted molar refractivity (Wildman–Crippen MR) is 57.6 cm³/mol. The molecule has 0 bridgehead atoms. The molecule has 0 spiro atoms. The Morgan fingerprint density at radius 1 is 1.44 bits per heavy atom. The van der Waals surface area contributed by atoms with Crippen molar-refractivity contribution in [2.24, 2.45) is 0 Å². The molecule has 88 valence electrons. The van der Waals surface area contributed by atoms with Crippen LogP contribution in [-0.2, 0) is 9.47 Å². The van der Waals surface area contributed by atoms with Gasteiger partial charge in [0, 0.05) is 25.8 Å². The van der Waals surface area contributed by atoms with Gasteiger partial charge in [0.2, 0.25) is 0 Å². The minimum absolute atomic E-state index is 0.105. The topological polar surface area (TPSA) is 61.5 Å². The molecule has 0 aliphatic rings. The molecule has 4 nitrogen and oxygen atoms in total. The molecule has 0 atom stereocenters. The molecule has 5 heteroatoms. The number of esters is 1. The van der Waals surface area contributed by atoms with E-state index in [0.717, 1.165) is 6.07 Å². The highest BCUT2D eigenvalue weighted by Crippen LogP contribution is 2.12. The zero-order chi connectivity index (χ0) is 12.0. The Kier molecular flexibility index (Phi) is 4.72. The maximum atomic E-state index is 13.3. The average molecular weight is 227 g/mol. The normalized spacial score (nSPS) is 10.1. The second-order valence-electron chi connectivity index (χ2n) is 3.22. The van der Waals surface area contributed by atoms with E-state index in [9.17, 15) is 9.18 Å². The number of ether oxygens (including phenoxy) is 2. The van der Waals surface area contributed by atoms with Crippen molar-refractivity contribution in [1.29, 1.82) is 0 Å². The number of nitrogens with two attached hydrogens (primary N) is 1. The van der Waals surface area contributed by atoms with Crippen molar-refractivity contribution in [2.45, 2.75) is 6.42 Å². The summed E-state index contributed by atoms with van der Waals surface area (Å²) in [6.07, 6.45) is 0.582. The number of anilines is 1. The Bertz CT molecular complexity index is 368. The predicted octanol–water partition coefficient (Wildman–Crippen LogP) is 1.60. The lowest BCUT2D eigenvalue weighted by molar-refractivity contribution is 0.0463. The molecule has 0 fully saturated rings. The first kappa shape index (κ1) is 12.4. The van der Waals surface area contributed by atoms with Gasteiger partial charge in [-0.2, -0.15) is 0 Å². The Balaban J connectivity index is 2.53. The van der Waals surface area contributed by atoms with Crippen LogP contribution in [0.25, 0.3) is 0 Å². The summed E-state index contributed by atoms with van der Waals surface area (Å²) in [5.41, 5.74) is 5.53. The molecule has 2 N–H and O–H groups in total. The molecule has 0 aliphatic carbocycles. The van der Waals surface area contributed by atoms with E-state index in [1.54, 1.807) is 7.11 Å². The maximum absolute atomic E-state index is 13.3. The summed E-state index contributed by atoms with van der Waals surface area (Å²) in [7, 11) is 1.56. The SMILES string of the molecule is COCCCOC(=O)c1ccc(N)cc1F. The number of benzene rings is 1. The number of rotatable bonds is 5. The second-order valence-corrected chi connectivity index (χ2v) is 3.22. The van der Waals surface area contributed by atoms with Crippen molar-refractivity contribution in [1.82, 2.24) is 0 Å². The number of nitrogen functional groups attached to an aromatic ring is 1. The molecule has 0 amide bonds. The Hall–Kier alpha value is -1.62. The van der Waals surface area contributed by atoms with Gasteiger partial charge in [-0.15, -0.1) is 0 Å². The zero-order valence-corrected chi connectivity index (χ0v) is 9.03. The molecule has 0 heterocycles. The van der Waals surface area contributed by atoms with E-state index in [1.165, 1.54) is 12.1 Å². The summed E-state index contributed by atoms with van der Waals surface area (Å²) in [6, 6.07) is 3.85. The number of carbonyl (C=O) groups excluding carboxylic acids is 1. The van der Waals surface area contributed by atoms with Crippen LogP contribution in [0, 0.1) is 5.82 Å². The molecule has 0 aromatic heterocycles. The molecule has 1 rings (SSSR count). The number of methoxy groups -OCH3 is 1. The van der Waals surface area contributed by atoms with Gasteiger partial charge in [0.25, 0.3) is 0 Å². The summed E-state index contributed by atoms with van der Waals surface area (Å²) in [5.74, 6) is -1.36. The largest absolute Gasteiger partial charge is 0.462 e. The third-order valence-electron chi connectivity index (χ3n) is 1.94. The first-order valence-corrected chi connectivity index (χ1v) is 4.86. The van der Waals surface area contributed by atoms with Crippen LogP contribution in [0.5, 0.6) is 0 Å². The van der Waals surface area contributed by atoms with Crippen LogP contribution in [0.2, 0.25) is 0 Å². The van der Waals surface area contributed by atoms with Crippen LogP contribution in [0.1, 0.15) is 16.8 Å². The highest BCUT2D eigenvalue weighted by atomic mass is 19.1. The summed E-state index contributed by atoms with van der Waals surface area (Å²) >= 11 is 0. The third-order valence-corrected chi connectivity index (χ3v) is 1.94. The summed E-state index contributed by atoms with van der Waals surface area (Å²) in [5, 5.41) is 0. The van der Waals surface area contributed by atoms with Gasteiger partial charge in [0.15, 0.2) is 0 Å². The first-order valence-electron chi connectivity index (χ1n) is 4.86. The smallest absolute Gasteiger partial charge is 0.341 e. The van der Waals surface area contributed by atoms with Crippen molar-refractivity contribution in [3.05, 3.63) is 29.6 Å². The second kappa shape index (κ2) is 6.07. The van der Waals surface area contributed by atoms with E-state index in [-0.39, 0.29) is 17.9 Å². The van der Waals surface area contributed by atoms with E-state index in [1.807, 2.05) is 0 Å². The first-order chi connectivity index (χ1) is 7.65. The van der Waals surface area contributed by atoms with Gasteiger partial charge in [0.1, 0.15) is 5.82 Å². The van der Waals surface area contributed by atoms with Crippen molar-refractivity contribution >= 4 is 11.7 Å². The minimum atomic E-state index is -0.686. The Morgan fingerprint density at radius 2 is 2.19 bits per heavy atom. The molecule has 0 radical (unpaired) electrons. The summed E-state index contributed by atoms with van der Waals surface area (Å²) in [6.45, 7) is 0.702. The summed E-state index contributed by atoms with van der Waals surface area (Å²) in [4.78, 5) is 11.4. The fourth-order valence-corrected chi connectivity index (χ4v) is 1.14. The van der Waals surface area contributed by atoms with E-state index in [2.05, 4.69) is 0 Å². The molecular formula is C11H14FNO3. The minimum Gasteiger partial charge on any atom is -0.462 e. The molecule has 1 aromatic carbocycles. The highest BCUT2D eigenvalue weighted by Gasteiger charge is 2.12. The molecule has 1 aromatic rings. The monoisotopic (exact) mass is 227 g/mol. The molecule has 0 aliphatic heterocycles. The molecule has 0 unspecified atom stereocenters.